The van der Waals surface area contributed by atoms with Gasteiger partial charge >= 0.3 is 0 Å². The predicted molar refractivity (Wildman–Crippen MR) is 132 cm³/mol. The minimum absolute atomic E-state index is 0.292. The lowest BCUT2D eigenvalue weighted by Gasteiger charge is -2.19. The zero-order valence-corrected chi connectivity index (χ0v) is 20.2. The van der Waals surface area contributed by atoms with Gasteiger partial charge in [0.15, 0.2) is 11.5 Å². The van der Waals surface area contributed by atoms with Crippen molar-refractivity contribution < 1.29 is 14.2 Å². The van der Waals surface area contributed by atoms with E-state index in [1.165, 1.54) is 21.3 Å². The molecule has 0 aliphatic rings. The Hall–Kier alpha value is -3.75. The van der Waals surface area contributed by atoms with Crippen LogP contribution in [-0.4, -0.2) is 69.7 Å². The summed E-state index contributed by atoms with van der Waals surface area (Å²) in [6, 6.07) is 9.83. The number of aliphatic imine (C=N–C) groups is 1. The number of nitrogens with zero attached hydrogens (tertiary/aromatic N) is 4. The van der Waals surface area contributed by atoms with Gasteiger partial charge in [-0.2, -0.15) is 4.98 Å². The second-order valence-electron chi connectivity index (χ2n) is 7.83. The molecule has 0 atom stereocenters. The maximum atomic E-state index is 12.9. The maximum Gasteiger partial charge on any atom is 0.286 e. The van der Waals surface area contributed by atoms with Gasteiger partial charge in [0.2, 0.25) is 11.7 Å². The molecule has 3 aromatic rings. The smallest absolute Gasteiger partial charge is 0.286 e. The molecule has 33 heavy (non-hydrogen) atoms. The van der Waals surface area contributed by atoms with Crippen molar-refractivity contribution >= 4 is 28.4 Å². The molecule has 0 fully saturated rings. The first kappa shape index (κ1) is 23.9. The van der Waals surface area contributed by atoms with Crippen LogP contribution >= 0.6 is 0 Å². The number of methoxy groups -OCH3 is 3. The van der Waals surface area contributed by atoms with Crippen LogP contribution in [0.1, 0.15) is 12.5 Å². The Bertz CT molecular complexity index is 1220. The van der Waals surface area contributed by atoms with Gasteiger partial charge in [-0.1, -0.05) is 12.1 Å². The summed E-state index contributed by atoms with van der Waals surface area (Å²) in [6.45, 7) is 2.63. The van der Waals surface area contributed by atoms with Crippen LogP contribution in [0.3, 0.4) is 0 Å². The molecule has 0 radical (unpaired) electrons. The molecule has 0 unspecified atom stereocenters. The first-order valence-electron chi connectivity index (χ1n) is 10.5. The quantitative estimate of drug-likeness (QED) is 0.413. The Morgan fingerprint density at radius 2 is 1.79 bits per heavy atom. The Balaban J connectivity index is 1.87. The van der Waals surface area contributed by atoms with Gasteiger partial charge in [-0.25, -0.2) is 4.99 Å². The summed E-state index contributed by atoms with van der Waals surface area (Å²) >= 11 is 0. The van der Waals surface area contributed by atoms with Crippen LogP contribution in [0.2, 0.25) is 0 Å². The SMILES string of the molecule is COc1cc2[nH]c(N(C)CCc3cccc(/N=C(/C)N(C)C)c3)nc(=O)c2c(OC)c1OC. The maximum absolute atomic E-state index is 12.9. The zero-order valence-electron chi connectivity index (χ0n) is 20.2. The van der Waals surface area contributed by atoms with Gasteiger partial charge in [0.25, 0.3) is 5.56 Å². The second-order valence-corrected chi connectivity index (χ2v) is 7.83. The lowest BCUT2D eigenvalue weighted by Crippen LogP contribution is -2.25. The highest BCUT2D eigenvalue weighted by molar-refractivity contribution is 5.90. The Morgan fingerprint density at radius 1 is 1.06 bits per heavy atom. The Labute approximate surface area is 193 Å². The van der Waals surface area contributed by atoms with E-state index in [1.807, 2.05) is 50.0 Å². The number of amidine groups is 1. The van der Waals surface area contributed by atoms with Crippen LogP contribution in [-0.2, 0) is 6.42 Å². The number of fused-ring (bicyclic) bond motifs is 1. The third-order valence-corrected chi connectivity index (χ3v) is 5.44. The zero-order chi connectivity index (χ0) is 24.1. The number of anilines is 1. The first-order valence-corrected chi connectivity index (χ1v) is 10.5. The van der Waals surface area contributed by atoms with E-state index in [4.69, 9.17) is 14.2 Å². The van der Waals surface area contributed by atoms with Crippen LogP contribution < -0.4 is 24.7 Å². The standard InChI is InChI=1S/C24H31N5O4/c1-15(28(2)3)25-17-10-8-9-16(13-17)11-12-29(4)24-26-18-14-19(31-5)21(32-6)22(33-7)20(18)23(30)27-24/h8-10,13-14H,11-12H2,1-7H3,(H,26,27,30)/b25-15-. The fourth-order valence-electron chi connectivity index (χ4n) is 3.42. The van der Waals surface area contributed by atoms with E-state index < -0.39 is 5.56 Å². The van der Waals surface area contributed by atoms with Crippen LogP contribution in [0, 0.1) is 0 Å². The number of ether oxygens (including phenoxy) is 3. The number of rotatable bonds is 8. The molecule has 3 rings (SSSR count). The topological polar surface area (TPSA) is 92.3 Å². The van der Waals surface area contributed by atoms with E-state index in [-0.39, 0.29) is 0 Å². The molecular formula is C24H31N5O4. The van der Waals surface area contributed by atoms with Crippen molar-refractivity contribution in [2.45, 2.75) is 13.3 Å². The number of nitrogens with one attached hydrogen (secondary N) is 1. The van der Waals surface area contributed by atoms with Crippen molar-refractivity contribution in [2.24, 2.45) is 4.99 Å². The summed E-state index contributed by atoms with van der Waals surface area (Å²) in [6.07, 6.45) is 0.762. The minimum Gasteiger partial charge on any atom is -0.493 e. The highest BCUT2D eigenvalue weighted by atomic mass is 16.5. The number of H-pyrrole nitrogens is 1. The van der Waals surface area contributed by atoms with Crippen molar-refractivity contribution in [3.8, 4) is 17.2 Å². The summed E-state index contributed by atoms with van der Waals surface area (Å²) < 4.78 is 16.2. The third-order valence-electron chi connectivity index (χ3n) is 5.44. The molecule has 2 aromatic carbocycles. The molecule has 0 saturated carbocycles. The lowest BCUT2D eigenvalue weighted by molar-refractivity contribution is 0.327. The third kappa shape index (κ3) is 5.19. The lowest BCUT2D eigenvalue weighted by atomic mass is 10.1. The molecule has 9 nitrogen and oxygen atoms in total. The molecule has 9 heteroatoms. The predicted octanol–water partition coefficient (Wildman–Crippen LogP) is 3.24. The average Bonchev–Trinajstić information content (AvgIpc) is 2.81. The van der Waals surface area contributed by atoms with E-state index >= 15 is 0 Å². The molecule has 0 bridgehead atoms. The normalized spacial score (nSPS) is 11.4. The average molecular weight is 454 g/mol. The van der Waals surface area contributed by atoms with E-state index in [9.17, 15) is 4.79 Å². The van der Waals surface area contributed by atoms with Crippen LogP contribution in [0.4, 0.5) is 11.6 Å². The van der Waals surface area contributed by atoms with Gasteiger partial charge in [-0.15, -0.1) is 0 Å². The molecule has 1 N–H and O–H groups in total. The number of hydrogen-bond acceptors (Lipinski definition) is 7. The number of aromatic nitrogens is 2. The summed E-state index contributed by atoms with van der Waals surface area (Å²) in [5.41, 5.74) is 2.21. The fraction of sp³-hybridized carbons (Fsp3) is 0.375. The van der Waals surface area contributed by atoms with Gasteiger partial charge in [0.1, 0.15) is 11.2 Å². The first-order chi connectivity index (χ1) is 15.8. The van der Waals surface area contributed by atoms with E-state index in [0.29, 0.717) is 40.6 Å². The van der Waals surface area contributed by atoms with Crippen molar-refractivity contribution in [3.63, 3.8) is 0 Å². The highest BCUT2D eigenvalue weighted by Crippen LogP contribution is 2.41. The summed E-state index contributed by atoms with van der Waals surface area (Å²) in [5.74, 6) is 2.50. The summed E-state index contributed by atoms with van der Waals surface area (Å²) in [7, 11) is 10.3. The fourth-order valence-corrected chi connectivity index (χ4v) is 3.42. The molecule has 176 valence electrons. The molecule has 0 aliphatic carbocycles. The van der Waals surface area contributed by atoms with Crippen molar-refractivity contribution in [1.29, 1.82) is 0 Å². The van der Waals surface area contributed by atoms with Gasteiger partial charge < -0.3 is 29.0 Å². The van der Waals surface area contributed by atoms with Crippen molar-refractivity contribution in [3.05, 3.63) is 46.2 Å². The van der Waals surface area contributed by atoms with Crippen LogP contribution in [0.25, 0.3) is 10.9 Å². The number of hydrogen-bond donors (Lipinski definition) is 1. The number of benzene rings is 2. The van der Waals surface area contributed by atoms with Gasteiger partial charge in [-0.3, -0.25) is 4.79 Å². The molecule has 1 aromatic heterocycles. The largest absolute Gasteiger partial charge is 0.493 e. The monoisotopic (exact) mass is 453 g/mol. The molecular weight excluding hydrogens is 422 g/mol. The number of aromatic amines is 1. The van der Waals surface area contributed by atoms with Crippen molar-refractivity contribution in [2.75, 3.05) is 53.9 Å². The van der Waals surface area contributed by atoms with Crippen molar-refractivity contribution in [1.82, 2.24) is 14.9 Å². The second kappa shape index (κ2) is 10.2. The summed E-state index contributed by atoms with van der Waals surface area (Å²) in [5, 5.41) is 0.314. The Kier molecular flexibility index (Phi) is 7.42. The highest BCUT2D eigenvalue weighted by Gasteiger charge is 2.20. The Morgan fingerprint density at radius 3 is 2.42 bits per heavy atom. The minimum atomic E-state index is -0.404. The molecule has 0 spiro atoms. The number of likely N-dealkylation sites (N-methyl/N-ethyl adjacent to an activating group) is 1. The van der Waals surface area contributed by atoms with Gasteiger partial charge in [0.05, 0.1) is 32.5 Å². The van der Waals surface area contributed by atoms with E-state index in [1.54, 1.807) is 6.07 Å². The van der Waals surface area contributed by atoms with E-state index in [0.717, 1.165) is 23.5 Å². The van der Waals surface area contributed by atoms with Gasteiger partial charge in [-0.05, 0) is 31.0 Å². The van der Waals surface area contributed by atoms with Gasteiger partial charge in [0, 0.05) is 33.8 Å². The molecule has 0 saturated heterocycles. The van der Waals surface area contributed by atoms with E-state index in [2.05, 4.69) is 27.1 Å². The molecule has 0 amide bonds. The van der Waals surface area contributed by atoms with Crippen LogP contribution in [0.15, 0.2) is 40.1 Å². The summed E-state index contributed by atoms with van der Waals surface area (Å²) in [4.78, 5) is 28.9. The van der Waals surface area contributed by atoms with Crippen LogP contribution in [0.5, 0.6) is 17.2 Å². The molecule has 1 heterocycles. The molecule has 0 aliphatic heterocycles.